The molecule has 0 bridgehead atoms. The van der Waals surface area contributed by atoms with Crippen LogP contribution >= 0.6 is 0 Å². The molecular formula is C13H21F2N3. The van der Waals surface area contributed by atoms with Crippen LogP contribution in [0.2, 0.25) is 0 Å². The van der Waals surface area contributed by atoms with Crippen molar-refractivity contribution in [3.8, 4) is 0 Å². The lowest BCUT2D eigenvalue weighted by Gasteiger charge is -2.21. The van der Waals surface area contributed by atoms with Crippen LogP contribution in [0.5, 0.6) is 0 Å². The van der Waals surface area contributed by atoms with Crippen LogP contribution in [0.1, 0.15) is 19.4 Å². The van der Waals surface area contributed by atoms with Crippen LogP contribution in [0.15, 0.2) is 18.5 Å². The fraction of sp³-hybridized carbons (Fsp3) is 0.615. The number of nitrogens with zero attached hydrogens (tertiary/aromatic N) is 2. The van der Waals surface area contributed by atoms with E-state index in [1.807, 2.05) is 6.07 Å². The van der Waals surface area contributed by atoms with Crippen molar-refractivity contribution in [3.63, 3.8) is 0 Å². The predicted octanol–water partition coefficient (Wildman–Crippen LogP) is 2.53. The third-order valence-electron chi connectivity index (χ3n) is 2.58. The summed E-state index contributed by atoms with van der Waals surface area (Å²) in [5.74, 6) is 0.564. The fourth-order valence-electron chi connectivity index (χ4n) is 1.71. The van der Waals surface area contributed by atoms with Crippen LogP contribution in [-0.2, 0) is 6.54 Å². The standard InChI is InChI=1S/C13H21F2N3/c1-10(2)6-17-7-11-4-5-16-8-12(11)18(3)9-13(14)15/h4-5,8,10,13,17H,6-7,9H2,1-3H3. The summed E-state index contributed by atoms with van der Waals surface area (Å²) in [6.07, 6.45) is 0.979. The SMILES string of the molecule is CC(C)CNCc1ccncc1N(C)CC(F)F. The van der Waals surface area contributed by atoms with Gasteiger partial charge in [-0.25, -0.2) is 8.78 Å². The molecular weight excluding hydrogens is 236 g/mol. The van der Waals surface area contributed by atoms with Gasteiger partial charge in [-0.05, 0) is 24.1 Å². The first kappa shape index (κ1) is 14.8. The van der Waals surface area contributed by atoms with Crippen LogP contribution in [-0.4, -0.2) is 31.5 Å². The Kier molecular flexibility index (Phi) is 5.98. The van der Waals surface area contributed by atoms with E-state index < -0.39 is 6.43 Å². The quantitative estimate of drug-likeness (QED) is 0.813. The van der Waals surface area contributed by atoms with E-state index in [1.54, 1.807) is 24.3 Å². The number of halogens is 2. The number of rotatable bonds is 7. The summed E-state index contributed by atoms with van der Waals surface area (Å²) in [4.78, 5) is 5.55. The Labute approximate surface area is 107 Å². The molecule has 0 unspecified atom stereocenters. The minimum atomic E-state index is -2.34. The molecule has 1 aromatic rings. The van der Waals surface area contributed by atoms with E-state index in [0.717, 1.165) is 17.8 Å². The summed E-state index contributed by atoms with van der Waals surface area (Å²) in [6.45, 7) is 5.56. The van der Waals surface area contributed by atoms with E-state index in [9.17, 15) is 8.78 Å². The maximum atomic E-state index is 12.4. The Morgan fingerprint density at radius 1 is 1.39 bits per heavy atom. The summed E-state index contributed by atoms with van der Waals surface area (Å²) in [5, 5.41) is 3.31. The van der Waals surface area contributed by atoms with Crippen molar-refractivity contribution in [2.75, 3.05) is 25.0 Å². The lowest BCUT2D eigenvalue weighted by atomic mass is 10.2. The first-order chi connectivity index (χ1) is 8.50. The van der Waals surface area contributed by atoms with Crippen LogP contribution in [0.3, 0.4) is 0 Å². The Morgan fingerprint density at radius 2 is 2.11 bits per heavy atom. The molecule has 0 aliphatic rings. The third kappa shape index (κ3) is 4.96. The molecule has 1 aromatic heterocycles. The Hall–Kier alpha value is -1.23. The molecule has 1 rings (SSSR count). The zero-order chi connectivity index (χ0) is 13.5. The normalized spacial score (nSPS) is 11.3. The molecule has 0 saturated carbocycles. The molecule has 5 heteroatoms. The van der Waals surface area contributed by atoms with Gasteiger partial charge in [0.15, 0.2) is 0 Å². The van der Waals surface area contributed by atoms with E-state index in [2.05, 4.69) is 24.1 Å². The second-order valence-electron chi connectivity index (χ2n) is 4.80. The molecule has 0 spiro atoms. The molecule has 1 N–H and O–H groups in total. The lowest BCUT2D eigenvalue weighted by Crippen LogP contribution is -2.27. The Morgan fingerprint density at radius 3 is 2.72 bits per heavy atom. The van der Waals surface area contributed by atoms with E-state index in [0.29, 0.717) is 12.5 Å². The zero-order valence-electron chi connectivity index (χ0n) is 11.2. The average molecular weight is 257 g/mol. The summed E-state index contributed by atoms with van der Waals surface area (Å²) in [5.41, 5.74) is 1.75. The number of aromatic nitrogens is 1. The first-order valence-electron chi connectivity index (χ1n) is 6.13. The van der Waals surface area contributed by atoms with Gasteiger partial charge in [0.25, 0.3) is 6.43 Å². The minimum absolute atomic E-state index is 0.275. The third-order valence-corrected chi connectivity index (χ3v) is 2.58. The molecule has 0 atom stereocenters. The molecule has 1 heterocycles. The summed E-state index contributed by atoms with van der Waals surface area (Å²) >= 11 is 0. The van der Waals surface area contributed by atoms with E-state index >= 15 is 0 Å². The summed E-state index contributed by atoms with van der Waals surface area (Å²) < 4.78 is 24.8. The lowest BCUT2D eigenvalue weighted by molar-refractivity contribution is 0.156. The van der Waals surface area contributed by atoms with Gasteiger partial charge in [0.2, 0.25) is 0 Å². The molecule has 0 aliphatic carbocycles. The smallest absolute Gasteiger partial charge is 0.255 e. The number of alkyl halides is 2. The molecule has 0 aromatic carbocycles. The zero-order valence-corrected chi connectivity index (χ0v) is 11.2. The number of anilines is 1. The van der Waals surface area contributed by atoms with Crippen molar-refractivity contribution < 1.29 is 8.78 Å². The summed E-state index contributed by atoms with van der Waals surface area (Å²) in [7, 11) is 1.66. The van der Waals surface area contributed by atoms with Gasteiger partial charge >= 0.3 is 0 Å². The van der Waals surface area contributed by atoms with Crippen molar-refractivity contribution in [2.45, 2.75) is 26.8 Å². The highest BCUT2D eigenvalue weighted by atomic mass is 19.3. The summed E-state index contributed by atoms with van der Waals surface area (Å²) in [6, 6.07) is 1.87. The Bertz CT molecular complexity index is 356. The van der Waals surface area contributed by atoms with E-state index in [-0.39, 0.29) is 6.54 Å². The Balaban J connectivity index is 2.66. The van der Waals surface area contributed by atoms with E-state index in [1.165, 1.54) is 0 Å². The second kappa shape index (κ2) is 7.26. The number of nitrogens with one attached hydrogen (secondary N) is 1. The highest BCUT2D eigenvalue weighted by Gasteiger charge is 2.12. The van der Waals surface area contributed by atoms with Gasteiger partial charge < -0.3 is 10.2 Å². The molecule has 0 saturated heterocycles. The van der Waals surface area contributed by atoms with Crippen LogP contribution in [0.4, 0.5) is 14.5 Å². The number of hydrogen-bond acceptors (Lipinski definition) is 3. The largest absolute Gasteiger partial charge is 0.367 e. The highest BCUT2D eigenvalue weighted by Crippen LogP contribution is 2.18. The molecule has 0 aliphatic heterocycles. The number of hydrogen-bond donors (Lipinski definition) is 1. The maximum absolute atomic E-state index is 12.4. The topological polar surface area (TPSA) is 28.2 Å². The second-order valence-corrected chi connectivity index (χ2v) is 4.80. The van der Waals surface area contributed by atoms with Crippen LogP contribution in [0.25, 0.3) is 0 Å². The highest BCUT2D eigenvalue weighted by molar-refractivity contribution is 5.51. The van der Waals surface area contributed by atoms with Gasteiger partial charge in [-0.15, -0.1) is 0 Å². The molecule has 102 valence electrons. The van der Waals surface area contributed by atoms with Crippen molar-refractivity contribution in [2.24, 2.45) is 5.92 Å². The van der Waals surface area contributed by atoms with Gasteiger partial charge in [-0.2, -0.15) is 0 Å². The van der Waals surface area contributed by atoms with Crippen LogP contribution < -0.4 is 10.2 Å². The minimum Gasteiger partial charge on any atom is -0.367 e. The fourth-order valence-corrected chi connectivity index (χ4v) is 1.71. The molecule has 0 amide bonds. The first-order valence-corrected chi connectivity index (χ1v) is 6.13. The van der Waals surface area contributed by atoms with E-state index in [4.69, 9.17) is 0 Å². The monoisotopic (exact) mass is 257 g/mol. The molecule has 3 nitrogen and oxygen atoms in total. The van der Waals surface area contributed by atoms with Gasteiger partial charge in [0.1, 0.15) is 0 Å². The van der Waals surface area contributed by atoms with Gasteiger partial charge in [-0.3, -0.25) is 4.98 Å². The molecule has 0 fully saturated rings. The molecule has 0 radical (unpaired) electrons. The number of pyridine rings is 1. The predicted molar refractivity (Wildman–Crippen MR) is 70.1 cm³/mol. The maximum Gasteiger partial charge on any atom is 0.255 e. The van der Waals surface area contributed by atoms with Crippen molar-refractivity contribution in [1.82, 2.24) is 10.3 Å². The molecule has 18 heavy (non-hydrogen) atoms. The van der Waals surface area contributed by atoms with Crippen molar-refractivity contribution in [3.05, 3.63) is 24.0 Å². The van der Waals surface area contributed by atoms with Crippen LogP contribution in [0, 0.1) is 5.92 Å². The van der Waals surface area contributed by atoms with Gasteiger partial charge in [-0.1, -0.05) is 13.8 Å². The average Bonchev–Trinajstić information content (AvgIpc) is 2.28. The van der Waals surface area contributed by atoms with Crippen molar-refractivity contribution >= 4 is 5.69 Å². The van der Waals surface area contributed by atoms with Gasteiger partial charge in [0, 0.05) is 19.8 Å². The van der Waals surface area contributed by atoms with Gasteiger partial charge in [0.05, 0.1) is 18.4 Å². The van der Waals surface area contributed by atoms with Crippen molar-refractivity contribution in [1.29, 1.82) is 0 Å².